The van der Waals surface area contributed by atoms with Crippen LogP contribution >= 0.6 is 11.6 Å². The van der Waals surface area contributed by atoms with E-state index in [1.54, 1.807) is 25.1 Å². The number of halogens is 1. The second-order valence-electron chi connectivity index (χ2n) is 3.00. The third-order valence-corrected chi connectivity index (χ3v) is 3.81. The molecule has 1 aromatic rings. The van der Waals surface area contributed by atoms with Gasteiger partial charge in [0, 0.05) is 13.0 Å². The van der Waals surface area contributed by atoms with E-state index in [2.05, 4.69) is 16.6 Å². The lowest BCUT2D eigenvalue weighted by Gasteiger charge is -2.06. The zero-order valence-corrected chi connectivity index (χ0v) is 10.4. The van der Waals surface area contributed by atoms with Crippen molar-refractivity contribution in [1.29, 1.82) is 0 Å². The molecule has 0 aliphatic rings. The van der Waals surface area contributed by atoms with E-state index in [-0.39, 0.29) is 16.5 Å². The minimum absolute atomic E-state index is 0.0983. The fourth-order valence-electron chi connectivity index (χ4n) is 1.11. The van der Waals surface area contributed by atoms with Gasteiger partial charge in [0.05, 0.1) is 5.02 Å². The Balaban J connectivity index is 2.78. The quantitative estimate of drug-likeness (QED) is 0.663. The highest BCUT2D eigenvalue weighted by molar-refractivity contribution is 7.89. The van der Waals surface area contributed by atoms with Crippen LogP contribution < -0.4 is 4.72 Å². The molecule has 0 aliphatic carbocycles. The lowest BCUT2D eigenvalue weighted by Crippen LogP contribution is -2.24. The van der Waals surface area contributed by atoms with E-state index in [1.165, 1.54) is 6.07 Å². The van der Waals surface area contributed by atoms with Gasteiger partial charge in [-0.2, -0.15) is 0 Å². The molecule has 86 valence electrons. The molecule has 1 aromatic carbocycles. The summed E-state index contributed by atoms with van der Waals surface area (Å²) in [6, 6.07) is 6.33. The van der Waals surface area contributed by atoms with Crippen LogP contribution in [0, 0.1) is 11.8 Å². The molecule has 0 heterocycles. The number of benzene rings is 1. The summed E-state index contributed by atoms with van der Waals surface area (Å²) < 4.78 is 26.0. The number of hydrogen-bond donors (Lipinski definition) is 1. The first kappa shape index (κ1) is 13.0. The van der Waals surface area contributed by atoms with Gasteiger partial charge in [-0.25, -0.2) is 13.1 Å². The molecular weight excluding hydrogens is 246 g/mol. The van der Waals surface area contributed by atoms with Gasteiger partial charge in [0.2, 0.25) is 10.0 Å². The van der Waals surface area contributed by atoms with Gasteiger partial charge in [0.1, 0.15) is 4.90 Å². The largest absolute Gasteiger partial charge is 0.242 e. The smallest absolute Gasteiger partial charge is 0.210 e. The zero-order valence-electron chi connectivity index (χ0n) is 8.83. The second-order valence-corrected chi connectivity index (χ2v) is 5.15. The lowest BCUT2D eigenvalue weighted by atomic mass is 10.4. The molecule has 16 heavy (non-hydrogen) atoms. The Hall–Kier alpha value is -1.02. The Kier molecular flexibility index (Phi) is 4.81. The van der Waals surface area contributed by atoms with Gasteiger partial charge in [0.25, 0.3) is 0 Å². The standard InChI is InChI=1S/C11H12ClNO2S/c1-2-3-6-9-13-16(14,15)11-8-5-4-7-10(11)12/h4-5,7-8,13H,6,9H2,1H3. The van der Waals surface area contributed by atoms with Gasteiger partial charge in [-0.15, -0.1) is 11.8 Å². The van der Waals surface area contributed by atoms with Crippen LogP contribution in [0.4, 0.5) is 0 Å². The molecule has 0 spiro atoms. The van der Waals surface area contributed by atoms with E-state index < -0.39 is 10.0 Å². The average Bonchev–Trinajstić information content (AvgIpc) is 2.25. The lowest BCUT2D eigenvalue weighted by molar-refractivity contribution is 0.582. The number of nitrogens with one attached hydrogen (secondary N) is 1. The molecule has 0 unspecified atom stereocenters. The van der Waals surface area contributed by atoms with Crippen LogP contribution in [-0.2, 0) is 10.0 Å². The van der Waals surface area contributed by atoms with E-state index >= 15 is 0 Å². The normalized spacial score (nSPS) is 10.6. The SMILES string of the molecule is CC#CCCNS(=O)(=O)c1ccccc1Cl. The monoisotopic (exact) mass is 257 g/mol. The highest BCUT2D eigenvalue weighted by Gasteiger charge is 2.15. The molecular formula is C11H12ClNO2S. The summed E-state index contributed by atoms with van der Waals surface area (Å²) in [5, 5.41) is 0.219. The molecule has 0 saturated heterocycles. The number of rotatable bonds is 4. The molecule has 0 bridgehead atoms. The maximum Gasteiger partial charge on any atom is 0.242 e. The van der Waals surface area contributed by atoms with Crippen molar-refractivity contribution in [1.82, 2.24) is 4.72 Å². The van der Waals surface area contributed by atoms with Crippen LogP contribution in [0.1, 0.15) is 13.3 Å². The van der Waals surface area contributed by atoms with E-state index in [4.69, 9.17) is 11.6 Å². The molecule has 0 atom stereocenters. The number of hydrogen-bond acceptors (Lipinski definition) is 2. The summed E-state index contributed by atoms with van der Waals surface area (Å²) in [5.41, 5.74) is 0. The summed E-state index contributed by atoms with van der Waals surface area (Å²) in [6.45, 7) is 2.00. The molecule has 0 radical (unpaired) electrons. The van der Waals surface area contributed by atoms with Gasteiger partial charge < -0.3 is 0 Å². The molecule has 0 amide bonds. The third-order valence-electron chi connectivity index (χ3n) is 1.85. The van der Waals surface area contributed by atoms with Gasteiger partial charge in [-0.1, -0.05) is 23.7 Å². The molecule has 1 rings (SSSR count). The van der Waals surface area contributed by atoms with Gasteiger partial charge in [-0.3, -0.25) is 0 Å². The van der Waals surface area contributed by atoms with Crippen molar-refractivity contribution in [2.75, 3.05) is 6.54 Å². The van der Waals surface area contributed by atoms with Crippen molar-refractivity contribution in [3.63, 3.8) is 0 Å². The molecule has 0 fully saturated rings. The summed E-state index contributed by atoms with van der Waals surface area (Å²) in [6.07, 6.45) is 0.486. The highest BCUT2D eigenvalue weighted by Crippen LogP contribution is 2.19. The minimum atomic E-state index is -3.52. The Morgan fingerprint density at radius 3 is 2.69 bits per heavy atom. The average molecular weight is 258 g/mol. The third kappa shape index (κ3) is 3.53. The molecule has 3 nitrogen and oxygen atoms in total. The maximum atomic E-state index is 11.8. The Bertz CT molecular complexity index is 514. The number of sulfonamides is 1. The van der Waals surface area contributed by atoms with Crippen LogP contribution in [0.3, 0.4) is 0 Å². The van der Waals surface area contributed by atoms with Crippen LogP contribution in [0.15, 0.2) is 29.2 Å². The van der Waals surface area contributed by atoms with Gasteiger partial charge in [-0.05, 0) is 19.1 Å². The van der Waals surface area contributed by atoms with Crippen molar-refractivity contribution >= 4 is 21.6 Å². The first-order chi connectivity index (χ1) is 7.58. The summed E-state index contributed by atoms with van der Waals surface area (Å²) in [5.74, 6) is 5.47. The van der Waals surface area contributed by atoms with Crippen molar-refractivity contribution in [2.45, 2.75) is 18.2 Å². The predicted octanol–water partition coefficient (Wildman–Crippen LogP) is 2.03. The van der Waals surface area contributed by atoms with Crippen LogP contribution in [0.2, 0.25) is 5.02 Å². The maximum absolute atomic E-state index is 11.8. The molecule has 0 aromatic heterocycles. The Morgan fingerprint density at radius 2 is 2.06 bits per heavy atom. The van der Waals surface area contributed by atoms with Crippen LogP contribution in [0.5, 0.6) is 0 Å². The molecule has 5 heteroatoms. The van der Waals surface area contributed by atoms with E-state index in [0.717, 1.165) is 0 Å². The first-order valence-electron chi connectivity index (χ1n) is 4.72. The first-order valence-corrected chi connectivity index (χ1v) is 6.58. The van der Waals surface area contributed by atoms with Crippen molar-refractivity contribution < 1.29 is 8.42 Å². The Morgan fingerprint density at radius 1 is 1.38 bits per heavy atom. The van der Waals surface area contributed by atoms with Gasteiger partial charge >= 0.3 is 0 Å². The molecule has 0 aliphatic heterocycles. The van der Waals surface area contributed by atoms with Gasteiger partial charge in [0.15, 0.2) is 0 Å². The highest BCUT2D eigenvalue weighted by atomic mass is 35.5. The van der Waals surface area contributed by atoms with Crippen molar-refractivity contribution in [3.8, 4) is 11.8 Å². The summed E-state index contributed by atoms with van der Waals surface area (Å²) in [7, 11) is -3.52. The van der Waals surface area contributed by atoms with Crippen molar-refractivity contribution in [3.05, 3.63) is 29.3 Å². The molecule has 0 saturated carbocycles. The van der Waals surface area contributed by atoms with E-state index in [0.29, 0.717) is 6.42 Å². The van der Waals surface area contributed by atoms with Crippen LogP contribution in [0.25, 0.3) is 0 Å². The zero-order chi connectivity index (χ0) is 12.0. The second kappa shape index (κ2) is 5.90. The van der Waals surface area contributed by atoms with Crippen molar-refractivity contribution in [2.24, 2.45) is 0 Å². The van der Waals surface area contributed by atoms with Crippen LogP contribution in [-0.4, -0.2) is 15.0 Å². The van der Waals surface area contributed by atoms with E-state index in [1.807, 2.05) is 0 Å². The predicted molar refractivity (Wildman–Crippen MR) is 64.7 cm³/mol. The molecule has 1 N–H and O–H groups in total. The summed E-state index contributed by atoms with van der Waals surface area (Å²) >= 11 is 5.80. The minimum Gasteiger partial charge on any atom is -0.210 e. The fraction of sp³-hybridized carbons (Fsp3) is 0.273. The fourth-order valence-corrected chi connectivity index (χ4v) is 2.66. The topological polar surface area (TPSA) is 46.2 Å². The summed E-state index contributed by atoms with van der Waals surface area (Å²) in [4.78, 5) is 0.0983. The Labute approximate surface area is 101 Å². The van der Waals surface area contributed by atoms with E-state index in [9.17, 15) is 8.42 Å².